The van der Waals surface area contributed by atoms with Gasteiger partial charge < -0.3 is 10.2 Å². The van der Waals surface area contributed by atoms with Crippen molar-refractivity contribution in [3.05, 3.63) is 59.4 Å². The van der Waals surface area contributed by atoms with Gasteiger partial charge in [0.2, 0.25) is 0 Å². The van der Waals surface area contributed by atoms with Crippen molar-refractivity contribution in [1.82, 2.24) is 9.88 Å². The Labute approximate surface area is 142 Å². The Bertz CT molecular complexity index is 631. The van der Waals surface area contributed by atoms with E-state index < -0.39 is 0 Å². The minimum Gasteiger partial charge on any atom is -0.338 e. The number of anilines is 1. The number of hydrogen-bond acceptors (Lipinski definition) is 2. The van der Waals surface area contributed by atoms with Crippen LogP contribution in [-0.4, -0.2) is 21.0 Å². The van der Waals surface area contributed by atoms with Crippen LogP contribution in [0.5, 0.6) is 0 Å². The first-order valence-corrected chi connectivity index (χ1v) is 8.03. The zero-order chi connectivity index (χ0) is 16.1. The van der Waals surface area contributed by atoms with Gasteiger partial charge in [-0.05, 0) is 63.3 Å². The van der Waals surface area contributed by atoms with E-state index in [4.69, 9.17) is 23.8 Å². The standard InChI is InChI=1S/C17H20ClN3S/c1-12(2)21(13(3)16-9-4-5-10-19-16)17(22)20-15-8-6-7-14(18)11-15/h4-13H,1-3H3,(H,20,22). The van der Waals surface area contributed by atoms with Gasteiger partial charge in [-0.1, -0.05) is 23.7 Å². The number of thiocarbonyl (C=S) groups is 1. The summed E-state index contributed by atoms with van der Waals surface area (Å²) in [5.41, 5.74) is 1.88. The van der Waals surface area contributed by atoms with Gasteiger partial charge in [0.1, 0.15) is 0 Å². The fraction of sp³-hybridized carbons (Fsp3) is 0.294. The highest BCUT2D eigenvalue weighted by Crippen LogP contribution is 2.23. The molecule has 1 atom stereocenters. The lowest BCUT2D eigenvalue weighted by Crippen LogP contribution is -2.41. The smallest absolute Gasteiger partial charge is 0.174 e. The summed E-state index contributed by atoms with van der Waals surface area (Å²) >= 11 is 11.6. The van der Waals surface area contributed by atoms with E-state index in [0.717, 1.165) is 11.4 Å². The Balaban J connectivity index is 2.19. The zero-order valence-electron chi connectivity index (χ0n) is 13.0. The average Bonchev–Trinajstić information content (AvgIpc) is 2.47. The third-order valence-electron chi connectivity index (χ3n) is 3.40. The molecule has 2 rings (SSSR count). The van der Waals surface area contributed by atoms with Gasteiger partial charge in [0.05, 0.1) is 11.7 Å². The van der Waals surface area contributed by atoms with E-state index in [2.05, 4.69) is 36.0 Å². The van der Waals surface area contributed by atoms with Gasteiger partial charge in [-0.25, -0.2) is 0 Å². The molecule has 0 fully saturated rings. The molecule has 2 aromatic rings. The molecule has 116 valence electrons. The van der Waals surface area contributed by atoms with E-state index in [-0.39, 0.29) is 12.1 Å². The van der Waals surface area contributed by atoms with Crippen LogP contribution in [0.2, 0.25) is 5.02 Å². The van der Waals surface area contributed by atoms with E-state index >= 15 is 0 Å². The van der Waals surface area contributed by atoms with Crippen LogP contribution in [0.1, 0.15) is 32.5 Å². The molecule has 0 bridgehead atoms. The second kappa shape index (κ2) is 7.56. The molecule has 3 nitrogen and oxygen atoms in total. The molecule has 1 aromatic heterocycles. The van der Waals surface area contributed by atoms with Crippen molar-refractivity contribution < 1.29 is 0 Å². The fourth-order valence-electron chi connectivity index (χ4n) is 2.38. The number of nitrogens with one attached hydrogen (secondary N) is 1. The topological polar surface area (TPSA) is 28.2 Å². The van der Waals surface area contributed by atoms with Crippen LogP contribution < -0.4 is 5.32 Å². The van der Waals surface area contributed by atoms with Crippen LogP contribution >= 0.6 is 23.8 Å². The highest BCUT2D eigenvalue weighted by atomic mass is 35.5. The summed E-state index contributed by atoms with van der Waals surface area (Å²) in [5.74, 6) is 0. The van der Waals surface area contributed by atoms with Crippen molar-refractivity contribution in [2.45, 2.75) is 32.9 Å². The molecule has 1 aromatic carbocycles. The van der Waals surface area contributed by atoms with Crippen LogP contribution in [0.15, 0.2) is 48.7 Å². The van der Waals surface area contributed by atoms with Crippen molar-refractivity contribution in [3.63, 3.8) is 0 Å². The molecule has 0 radical (unpaired) electrons. The molecule has 0 saturated carbocycles. The van der Waals surface area contributed by atoms with E-state index in [9.17, 15) is 0 Å². The number of rotatable bonds is 4. The Morgan fingerprint density at radius 1 is 1.18 bits per heavy atom. The van der Waals surface area contributed by atoms with E-state index in [1.54, 1.807) is 6.20 Å². The SMILES string of the molecule is CC(C)N(C(=S)Nc1cccc(Cl)c1)C(C)c1ccccn1. The van der Waals surface area contributed by atoms with Crippen molar-refractivity contribution >= 4 is 34.6 Å². The average molecular weight is 334 g/mol. The van der Waals surface area contributed by atoms with Crippen molar-refractivity contribution in [1.29, 1.82) is 0 Å². The molecule has 1 N–H and O–H groups in total. The maximum atomic E-state index is 6.02. The number of halogens is 1. The third kappa shape index (κ3) is 4.18. The lowest BCUT2D eigenvalue weighted by molar-refractivity contribution is 0.280. The first kappa shape index (κ1) is 16.7. The molecule has 1 unspecified atom stereocenters. The van der Waals surface area contributed by atoms with Crippen LogP contribution in [0, 0.1) is 0 Å². The van der Waals surface area contributed by atoms with E-state index in [0.29, 0.717) is 10.1 Å². The van der Waals surface area contributed by atoms with Gasteiger partial charge in [-0.3, -0.25) is 4.98 Å². The molecular weight excluding hydrogens is 314 g/mol. The summed E-state index contributed by atoms with van der Waals surface area (Å²) in [7, 11) is 0. The number of aromatic nitrogens is 1. The van der Waals surface area contributed by atoms with Crippen LogP contribution in [0.4, 0.5) is 5.69 Å². The van der Waals surface area contributed by atoms with E-state index in [1.165, 1.54) is 0 Å². The molecule has 0 aliphatic carbocycles. The predicted molar refractivity (Wildman–Crippen MR) is 97.3 cm³/mol. The molecule has 5 heteroatoms. The molecule has 1 heterocycles. The monoisotopic (exact) mass is 333 g/mol. The van der Waals surface area contributed by atoms with Gasteiger partial charge in [-0.2, -0.15) is 0 Å². The molecule has 0 amide bonds. The van der Waals surface area contributed by atoms with Crippen molar-refractivity contribution in [3.8, 4) is 0 Å². The number of nitrogens with zero attached hydrogens (tertiary/aromatic N) is 2. The molecule has 0 aliphatic heterocycles. The fourth-order valence-corrected chi connectivity index (χ4v) is 3.05. The van der Waals surface area contributed by atoms with Crippen LogP contribution in [0.25, 0.3) is 0 Å². The molecule has 0 aliphatic rings. The van der Waals surface area contributed by atoms with Gasteiger partial charge in [0.15, 0.2) is 5.11 Å². The maximum absolute atomic E-state index is 6.02. The predicted octanol–water partition coefficient (Wildman–Crippen LogP) is 4.90. The van der Waals surface area contributed by atoms with Gasteiger partial charge in [0, 0.05) is 22.9 Å². The van der Waals surface area contributed by atoms with Gasteiger partial charge in [0.25, 0.3) is 0 Å². The second-order valence-electron chi connectivity index (χ2n) is 5.37. The Hall–Kier alpha value is -1.65. The largest absolute Gasteiger partial charge is 0.338 e. The van der Waals surface area contributed by atoms with Crippen molar-refractivity contribution in [2.24, 2.45) is 0 Å². The summed E-state index contributed by atoms with van der Waals surface area (Å²) in [6, 6.07) is 13.8. The normalized spacial score (nSPS) is 12.0. The number of hydrogen-bond donors (Lipinski definition) is 1. The summed E-state index contributed by atoms with van der Waals surface area (Å²) < 4.78 is 0. The number of pyridine rings is 1. The number of benzene rings is 1. The lowest BCUT2D eigenvalue weighted by atomic mass is 10.1. The Morgan fingerprint density at radius 3 is 2.55 bits per heavy atom. The zero-order valence-corrected chi connectivity index (χ0v) is 14.5. The molecule has 22 heavy (non-hydrogen) atoms. The first-order valence-electron chi connectivity index (χ1n) is 7.25. The van der Waals surface area contributed by atoms with Crippen LogP contribution in [-0.2, 0) is 0 Å². The van der Waals surface area contributed by atoms with Gasteiger partial charge >= 0.3 is 0 Å². The molecule has 0 spiro atoms. The summed E-state index contributed by atoms with van der Waals surface area (Å²) in [5, 5.41) is 4.60. The second-order valence-corrected chi connectivity index (χ2v) is 6.20. The minimum absolute atomic E-state index is 0.0837. The van der Waals surface area contributed by atoms with Crippen molar-refractivity contribution in [2.75, 3.05) is 5.32 Å². The highest BCUT2D eigenvalue weighted by Gasteiger charge is 2.22. The summed E-state index contributed by atoms with van der Waals surface area (Å²) in [4.78, 5) is 6.57. The summed E-state index contributed by atoms with van der Waals surface area (Å²) in [6.07, 6.45) is 1.80. The Kier molecular flexibility index (Phi) is 5.75. The molecule has 0 saturated heterocycles. The maximum Gasteiger partial charge on any atom is 0.174 e. The quantitative estimate of drug-likeness (QED) is 0.805. The van der Waals surface area contributed by atoms with E-state index in [1.807, 2.05) is 42.5 Å². The first-order chi connectivity index (χ1) is 10.5. The minimum atomic E-state index is 0.0837. The van der Waals surface area contributed by atoms with Gasteiger partial charge in [-0.15, -0.1) is 0 Å². The summed E-state index contributed by atoms with van der Waals surface area (Å²) in [6.45, 7) is 6.34. The third-order valence-corrected chi connectivity index (χ3v) is 3.95. The Morgan fingerprint density at radius 2 is 1.95 bits per heavy atom. The van der Waals surface area contributed by atoms with Crippen LogP contribution in [0.3, 0.4) is 0 Å². The highest BCUT2D eigenvalue weighted by molar-refractivity contribution is 7.80. The lowest BCUT2D eigenvalue weighted by Gasteiger charge is -2.35. The molecular formula is C17H20ClN3S.